The van der Waals surface area contributed by atoms with Crippen LogP contribution in [0, 0.1) is 5.82 Å². The van der Waals surface area contributed by atoms with Crippen LogP contribution in [0.25, 0.3) is 0 Å². The molecular weight excluding hydrogens is 435 g/mol. The van der Waals surface area contributed by atoms with Crippen LogP contribution in [0.3, 0.4) is 0 Å². The predicted molar refractivity (Wildman–Crippen MR) is 119 cm³/mol. The number of rotatable bonds is 8. The molecule has 0 aromatic heterocycles. The maximum atomic E-state index is 13.4. The normalized spacial score (nSPS) is 11.0. The van der Waals surface area contributed by atoms with Crippen molar-refractivity contribution in [1.29, 1.82) is 0 Å². The molecule has 0 fully saturated rings. The van der Waals surface area contributed by atoms with Crippen molar-refractivity contribution >= 4 is 33.1 Å². The van der Waals surface area contributed by atoms with E-state index in [4.69, 9.17) is 4.74 Å². The van der Waals surface area contributed by atoms with Crippen molar-refractivity contribution in [1.82, 2.24) is 0 Å². The number of carbonyl (C=O) groups excluding carboxylic acids is 2. The summed E-state index contributed by atoms with van der Waals surface area (Å²) in [5, 5.41) is 2.61. The lowest BCUT2D eigenvalue weighted by molar-refractivity contribution is -0.114. The van der Waals surface area contributed by atoms with E-state index >= 15 is 0 Å². The number of sulfonamides is 1. The van der Waals surface area contributed by atoms with Crippen LogP contribution >= 0.6 is 0 Å². The standard InChI is InChI=1S/C23H21FN2O5S/c1-16(27)17-6-5-7-19(14-17)25-23(28)15-26(21-8-3-4-9-22(21)31-2)32(29,30)20-12-10-18(24)11-13-20/h3-14H,15H2,1-2H3,(H,25,28). The molecule has 32 heavy (non-hydrogen) atoms. The van der Waals surface area contributed by atoms with E-state index in [9.17, 15) is 22.4 Å². The van der Waals surface area contributed by atoms with Crippen molar-refractivity contribution in [2.75, 3.05) is 23.3 Å². The first-order valence-corrected chi connectivity index (χ1v) is 11.0. The van der Waals surface area contributed by atoms with E-state index in [1.807, 2.05) is 0 Å². The number of Topliss-reactive ketones (excluding diaryl/α,β-unsaturated/α-hetero) is 1. The van der Waals surface area contributed by atoms with Crippen LogP contribution in [-0.4, -0.2) is 33.8 Å². The van der Waals surface area contributed by atoms with Crippen molar-refractivity contribution in [3.05, 3.63) is 84.2 Å². The number of nitrogens with one attached hydrogen (secondary N) is 1. The van der Waals surface area contributed by atoms with Crippen LogP contribution in [0.2, 0.25) is 0 Å². The smallest absolute Gasteiger partial charge is 0.264 e. The second kappa shape index (κ2) is 9.61. The number of nitrogens with zero attached hydrogens (tertiary/aromatic N) is 1. The number of ether oxygens (including phenoxy) is 1. The molecule has 0 radical (unpaired) electrons. The summed E-state index contributed by atoms with van der Waals surface area (Å²) < 4.78 is 46.3. The molecule has 166 valence electrons. The number of carbonyl (C=O) groups is 2. The van der Waals surface area contributed by atoms with Gasteiger partial charge in [-0.15, -0.1) is 0 Å². The molecule has 0 atom stereocenters. The highest BCUT2D eigenvalue weighted by Gasteiger charge is 2.29. The number of benzene rings is 3. The van der Waals surface area contributed by atoms with Crippen molar-refractivity contribution < 1.29 is 27.1 Å². The van der Waals surface area contributed by atoms with Gasteiger partial charge in [0.15, 0.2) is 5.78 Å². The zero-order valence-electron chi connectivity index (χ0n) is 17.4. The van der Waals surface area contributed by atoms with Gasteiger partial charge in [0.05, 0.1) is 17.7 Å². The first kappa shape index (κ1) is 23.0. The van der Waals surface area contributed by atoms with Crippen LogP contribution in [0.15, 0.2) is 77.7 Å². The Morgan fingerprint density at radius 1 is 1.00 bits per heavy atom. The number of halogens is 1. The maximum absolute atomic E-state index is 13.4. The van der Waals surface area contributed by atoms with Crippen LogP contribution in [-0.2, 0) is 14.8 Å². The lowest BCUT2D eigenvalue weighted by atomic mass is 10.1. The topological polar surface area (TPSA) is 92.8 Å². The van der Waals surface area contributed by atoms with Gasteiger partial charge >= 0.3 is 0 Å². The largest absolute Gasteiger partial charge is 0.495 e. The average Bonchev–Trinajstić information content (AvgIpc) is 2.78. The zero-order valence-corrected chi connectivity index (χ0v) is 18.2. The first-order chi connectivity index (χ1) is 15.2. The van der Waals surface area contributed by atoms with E-state index in [1.165, 1.54) is 26.2 Å². The molecule has 0 saturated carbocycles. The highest BCUT2D eigenvalue weighted by molar-refractivity contribution is 7.92. The number of hydrogen-bond acceptors (Lipinski definition) is 5. The number of para-hydroxylation sites is 2. The van der Waals surface area contributed by atoms with Gasteiger partial charge in [-0.1, -0.05) is 24.3 Å². The first-order valence-electron chi connectivity index (χ1n) is 9.54. The van der Waals surface area contributed by atoms with Gasteiger partial charge in [0, 0.05) is 11.3 Å². The molecule has 9 heteroatoms. The minimum absolute atomic E-state index is 0.145. The van der Waals surface area contributed by atoms with E-state index < -0.39 is 28.3 Å². The molecule has 7 nitrogen and oxygen atoms in total. The molecule has 0 aliphatic rings. The Hall–Kier alpha value is -3.72. The molecule has 0 heterocycles. The Bertz CT molecular complexity index is 1240. The molecule has 0 spiro atoms. The van der Waals surface area contributed by atoms with Gasteiger partial charge in [-0.3, -0.25) is 13.9 Å². The number of methoxy groups -OCH3 is 1. The molecule has 3 rings (SSSR count). The molecule has 1 amide bonds. The van der Waals surface area contributed by atoms with Crippen molar-refractivity contribution in [3.63, 3.8) is 0 Å². The van der Waals surface area contributed by atoms with Gasteiger partial charge < -0.3 is 10.1 Å². The fourth-order valence-electron chi connectivity index (χ4n) is 3.02. The quantitative estimate of drug-likeness (QED) is 0.520. The third-order valence-corrected chi connectivity index (χ3v) is 6.37. The molecule has 0 saturated heterocycles. The molecule has 0 bridgehead atoms. The fourth-order valence-corrected chi connectivity index (χ4v) is 4.45. The summed E-state index contributed by atoms with van der Waals surface area (Å²) in [4.78, 5) is 24.2. The molecular formula is C23H21FN2O5S. The van der Waals surface area contributed by atoms with E-state index in [0.29, 0.717) is 11.3 Å². The van der Waals surface area contributed by atoms with Crippen LogP contribution < -0.4 is 14.4 Å². The molecule has 0 aliphatic carbocycles. The van der Waals surface area contributed by atoms with Crippen molar-refractivity contribution in [2.45, 2.75) is 11.8 Å². The molecule has 1 N–H and O–H groups in total. The summed E-state index contributed by atoms with van der Waals surface area (Å²) in [6, 6.07) is 17.0. The Kier molecular flexibility index (Phi) is 6.89. The lowest BCUT2D eigenvalue weighted by Crippen LogP contribution is -2.38. The Labute approximate surface area is 185 Å². The summed E-state index contributed by atoms with van der Waals surface area (Å²) in [6.45, 7) is 0.823. The van der Waals surface area contributed by atoms with Gasteiger partial charge in [-0.2, -0.15) is 0 Å². The third-order valence-electron chi connectivity index (χ3n) is 4.60. The predicted octanol–water partition coefficient (Wildman–Crippen LogP) is 3.87. The van der Waals surface area contributed by atoms with Gasteiger partial charge in [0.25, 0.3) is 10.0 Å². The minimum atomic E-state index is -4.24. The van der Waals surface area contributed by atoms with Gasteiger partial charge in [-0.05, 0) is 55.5 Å². The zero-order chi connectivity index (χ0) is 23.3. The fraction of sp³-hybridized carbons (Fsp3) is 0.130. The maximum Gasteiger partial charge on any atom is 0.264 e. The summed E-state index contributed by atoms with van der Waals surface area (Å²) in [5.74, 6) is -1.15. The summed E-state index contributed by atoms with van der Waals surface area (Å²) in [7, 11) is -2.86. The Morgan fingerprint density at radius 2 is 1.69 bits per heavy atom. The monoisotopic (exact) mass is 456 g/mol. The van der Waals surface area contributed by atoms with Gasteiger partial charge in [0.1, 0.15) is 18.1 Å². The van der Waals surface area contributed by atoms with Crippen molar-refractivity contribution in [3.8, 4) is 5.75 Å². The van der Waals surface area contributed by atoms with E-state index in [1.54, 1.807) is 36.4 Å². The lowest BCUT2D eigenvalue weighted by Gasteiger charge is -2.25. The van der Waals surface area contributed by atoms with E-state index in [-0.39, 0.29) is 22.1 Å². The molecule has 3 aromatic carbocycles. The number of amides is 1. The second-order valence-electron chi connectivity index (χ2n) is 6.82. The number of hydrogen-bond donors (Lipinski definition) is 1. The van der Waals surface area contributed by atoms with Crippen LogP contribution in [0.1, 0.15) is 17.3 Å². The summed E-state index contributed by atoms with van der Waals surface area (Å²) in [6.07, 6.45) is 0. The summed E-state index contributed by atoms with van der Waals surface area (Å²) >= 11 is 0. The number of anilines is 2. The molecule has 0 aliphatic heterocycles. The van der Waals surface area contributed by atoms with Gasteiger partial charge in [0.2, 0.25) is 5.91 Å². The molecule has 0 unspecified atom stereocenters. The van der Waals surface area contributed by atoms with E-state index in [0.717, 1.165) is 28.6 Å². The Morgan fingerprint density at radius 3 is 2.34 bits per heavy atom. The highest BCUT2D eigenvalue weighted by atomic mass is 32.2. The van der Waals surface area contributed by atoms with Crippen molar-refractivity contribution in [2.24, 2.45) is 0 Å². The summed E-state index contributed by atoms with van der Waals surface area (Å²) in [5.41, 5.74) is 0.900. The van der Waals surface area contributed by atoms with Crippen LogP contribution in [0.4, 0.5) is 15.8 Å². The molecule has 3 aromatic rings. The average molecular weight is 456 g/mol. The van der Waals surface area contributed by atoms with E-state index in [2.05, 4.69) is 5.32 Å². The minimum Gasteiger partial charge on any atom is -0.495 e. The number of ketones is 1. The van der Waals surface area contributed by atoms with Crippen LogP contribution in [0.5, 0.6) is 5.75 Å². The SMILES string of the molecule is COc1ccccc1N(CC(=O)Nc1cccc(C(C)=O)c1)S(=O)(=O)c1ccc(F)cc1. The highest BCUT2D eigenvalue weighted by Crippen LogP contribution is 2.32. The second-order valence-corrected chi connectivity index (χ2v) is 8.68. The third kappa shape index (κ3) is 5.12. The Balaban J connectivity index is 1.98. The van der Waals surface area contributed by atoms with Gasteiger partial charge in [-0.25, -0.2) is 12.8 Å².